The SMILES string of the molecule is CC(c1ccccc1)n1c(=S)[nH]c2ccc(Br)cc2c1=O. The minimum Gasteiger partial charge on any atom is -0.332 e. The third-order valence-corrected chi connectivity index (χ3v) is 4.35. The number of hydrogen-bond donors (Lipinski definition) is 1. The first-order valence-electron chi connectivity index (χ1n) is 6.57. The standard InChI is InChI=1S/C16H13BrN2OS/c1-10(11-5-3-2-4-6-11)19-15(20)13-9-12(17)7-8-14(13)18-16(19)21/h2-10H,1H3,(H,18,21). The molecule has 0 aliphatic heterocycles. The van der Waals surface area contributed by atoms with E-state index in [2.05, 4.69) is 20.9 Å². The van der Waals surface area contributed by atoms with Crippen molar-refractivity contribution in [2.75, 3.05) is 0 Å². The molecule has 106 valence electrons. The molecule has 5 heteroatoms. The number of H-pyrrole nitrogens is 1. The number of nitrogens with one attached hydrogen (secondary N) is 1. The molecule has 0 spiro atoms. The Kier molecular flexibility index (Phi) is 3.78. The van der Waals surface area contributed by atoms with Crippen LogP contribution in [0.3, 0.4) is 0 Å². The van der Waals surface area contributed by atoms with Gasteiger partial charge in [0.1, 0.15) is 0 Å². The summed E-state index contributed by atoms with van der Waals surface area (Å²) in [6.07, 6.45) is 0. The molecular weight excluding hydrogens is 348 g/mol. The zero-order valence-electron chi connectivity index (χ0n) is 11.3. The fourth-order valence-electron chi connectivity index (χ4n) is 2.43. The molecule has 1 atom stereocenters. The van der Waals surface area contributed by atoms with E-state index >= 15 is 0 Å². The molecular formula is C16H13BrN2OS. The molecule has 1 aromatic heterocycles. The van der Waals surface area contributed by atoms with Gasteiger partial charge in [-0.15, -0.1) is 0 Å². The normalized spacial score (nSPS) is 12.5. The second-order valence-electron chi connectivity index (χ2n) is 4.88. The van der Waals surface area contributed by atoms with Crippen molar-refractivity contribution in [3.05, 3.63) is 73.7 Å². The quantitative estimate of drug-likeness (QED) is 0.686. The Labute approximate surface area is 135 Å². The molecule has 0 radical (unpaired) electrons. The zero-order valence-corrected chi connectivity index (χ0v) is 13.7. The minimum atomic E-state index is -0.120. The average molecular weight is 361 g/mol. The van der Waals surface area contributed by atoms with Gasteiger partial charge in [-0.3, -0.25) is 9.36 Å². The molecule has 0 saturated carbocycles. The van der Waals surface area contributed by atoms with Crippen LogP contribution in [0.15, 0.2) is 57.8 Å². The molecule has 2 aromatic carbocycles. The maximum absolute atomic E-state index is 12.8. The Morgan fingerprint density at radius 1 is 1.19 bits per heavy atom. The van der Waals surface area contributed by atoms with Crippen molar-refractivity contribution in [3.8, 4) is 0 Å². The molecule has 0 saturated heterocycles. The molecule has 1 N–H and O–H groups in total. The van der Waals surface area contributed by atoms with E-state index < -0.39 is 0 Å². The van der Waals surface area contributed by atoms with Gasteiger partial charge in [0.05, 0.1) is 16.9 Å². The monoisotopic (exact) mass is 360 g/mol. The minimum absolute atomic E-state index is 0.0774. The summed E-state index contributed by atoms with van der Waals surface area (Å²) in [6, 6.07) is 15.3. The number of aromatic amines is 1. The number of benzene rings is 2. The summed E-state index contributed by atoms with van der Waals surface area (Å²) < 4.78 is 2.93. The summed E-state index contributed by atoms with van der Waals surface area (Å²) in [5.74, 6) is 0. The van der Waals surface area contributed by atoms with Crippen LogP contribution in [-0.2, 0) is 0 Å². The van der Waals surface area contributed by atoms with Crippen molar-refractivity contribution in [3.63, 3.8) is 0 Å². The molecule has 3 rings (SSSR count). The lowest BCUT2D eigenvalue weighted by molar-refractivity contribution is 0.600. The van der Waals surface area contributed by atoms with E-state index in [1.807, 2.05) is 55.5 Å². The number of aromatic nitrogens is 2. The maximum Gasteiger partial charge on any atom is 0.262 e. The van der Waals surface area contributed by atoms with Crippen LogP contribution in [0.4, 0.5) is 0 Å². The summed E-state index contributed by atoms with van der Waals surface area (Å²) in [5, 5.41) is 0.626. The molecule has 0 aliphatic rings. The van der Waals surface area contributed by atoms with Crippen molar-refractivity contribution in [2.45, 2.75) is 13.0 Å². The van der Waals surface area contributed by atoms with Gasteiger partial charge >= 0.3 is 0 Å². The third-order valence-electron chi connectivity index (χ3n) is 3.56. The van der Waals surface area contributed by atoms with Gasteiger partial charge in [-0.2, -0.15) is 0 Å². The molecule has 3 aromatic rings. The number of fused-ring (bicyclic) bond motifs is 1. The summed E-state index contributed by atoms with van der Waals surface area (Å²) in [6.45, 7) is 1.98. The van der Waals surface area contributed by atoms with E-state index in [0.717, 1.165) is 15.6 Å². The Hall–Kier alpha value is -1.72. The number of halogens is 1. The van der Waals surface area contributed by atoms with E-state index in [0.29, 0.717) is 10.2 Å². The van der Waals surface area contributed by atoms with Crippen molar-refractivity contribution in [1.82, 2.24) is 9.55 Å². The molecule has 0 aliphatic carbocycles. The Balaban J connectivity index is 2.28. The lowest BCUT2D eigenvalue weighted by Crippen LogP contribution is -2.25. The lowest BCUT2D eigenvalue weighted by atomic mass is 10.1. The first-order chi connectivity index (χ1) is 10.1. The highest BCUT2D eigenvalue weighted by molar-refractivity contribution is 9.10. The van der Waals surface area contributed by atoms with Crippen LogP contribution < -0.4 is 5.56 Å². The predicted molar refractivity (Wildman–Crippen MR) is 91.3 cm³/mol. The number of hydrogen-bond acceptors (Lipinski definition) is 2. The van der Waals surface area contributed by atoms with Crippen LogP contribution in [0.2, 0.25) is 0 Å². The van der Waals surface area contributed by atoms with Gasteiger partial charge in [0.2, 0.25) is 0 Å². The Bertz CT molecular complexity index is 915. The van der Waals surface area contributed by atoms with E-state index in [1.165, 1.54) is 0 Å². The van der Waals surface area contributed by atoms with Crippen molar-refractivity contribution in [1.29, 1.82) is 0 Å². The van der Waals surface area contributed by atoms with Gasteiger partial charge in [-0.1, -0.05) is 46.3 Å². The Morgan fingerprint density at radius 2 is 1.90 bits per heavy atom. The summed E-state index contributed by atoms with van der Waals surface area (Å²) >= 11 is 8.78. The third kappa shape index (κ3) is 2.59. The number of nitrogens with zero attached hydrogens (tertiary/aromatic N) is 1. The van der Waals surface area contributed by atoms with Crippen molar-refractivity contribution >= 4 is 39.1 Å². The molecule has 1 unspecified atom stereocenters. The number of rotatable bonds is 2. The van der Waals surface area contributed by atoms with Crippen LogP contribution in [-0.4, -0.2) is 9.55 Å². The molecule has 0 amide bonds. The summed E-state index contributed by atoms with van der Waals surface area (Å²) in [4.78, 5) is 15.9. The van der Waals surface area contributed by atoms with Crippen LogP contribution >= 0.6 is 28.1 Å². The first kappa shape index (κ1) is 14.2. The van der Waals surface area contributed by atoms with E-state index in [1.54, 1.807) is 4.57 Å². The fraction of sp³-hybridized carbons (Fsp3) is 0.125. The van der Waals surface area contributed by atoms with Crippen LogP contribution in [0, 0.1) is 4.77 Å². The van der Waals surface area contributed by atoms with E-state index in [9.17, 15) is 4.79 Å². The van der Waals surface area contributed by atoms with E-state index in [-0.39, 0.29) is 11.6 Å². The Morgan fingerprint density at radius 3 is 2.62 bits per heavy atom. The molecule has 0 fully saturated rings. The second kappa shape index (κ2) is 5.58. The van der Waals surface area contributed by atoms with Crippen LogP contribution in [0.5, 0.6) is 0 Å². The highest BCUT2D eigenvalue weighted by atomic mass is 79.9. The van der Waals surface area contributed by atoms with Crippen LogP contribution in [0.25, 0.3) is 10.9 Å². The van der Waals surface area contributed by atoms with Gasteiger partial charge < -0.3 is 4.98 Å². The van der Waals surface area contributed by atoms with Gasteiger partial charge in [0.25, 0.3) is 5.56 Å². The lowest BCUT2D eigenvalue weighted by Gasteiger charge is -2.16. The van der Waals surface area contributed by atoms with Gasteiger partial charge in [-0.05, 0) is 42.9 Å². The topological polar surface area (TPSA) is 37.8 Å². The fourth-order valence-corrected chi connectivity index (χ4v) is 3.14. The van der Waals surface area contributed by atoms with Gasteiger partial charge in [-0.25, -0.2) is 0 Å². The second-order valence-corrected chi connectivity index (χ2v) is 6.18. The molecule has 0 bridgehead atoms. The zero-order chi connectivity index (χ0) is 15.0. The van der Waals surface area contributed by atoms with Gasteiger partial charge in [0, 0.05) is 4.47 Å². The molecule has 21 heavy (non-hydrogen) atoms. The van der Waals surface area contributed by atoms with E-state index in [4.69, 9.17) is 12.2 Å². The predicted octanol–water partition coefficient (Wildman–Crippen LogP) is 4.43. The summed E-state index contributed by atoms with van der Waals surface area (Å²) in [5.41, 5.74) is 1.73. The molecule has 3 nitrogen and oxygen atoms in total. The first-order valence-corrected chi connectivity index (χ1v) is 7.77. The average Bonchev–Trinajstić information content (AvgIpc) is 2.49. The van der Waals surface area contributed by atoms with Crippen molar-refractivity contribution < 1.29 is 0 Å². The highest BCUT2D eigenvalue weighted by Crippen LogP contribution is 2.19. The maximum atomic E-state index is 12.8. The van der Waals surface area contributed by atoms with Crippen molar-refractivity contribution in [2.24, 2.45) is 0 Å². The molecule has 1 heterocycles. The summed E-state index contributed by atoms with van der Waals surface area (Å²) in [7, 11) is 0. The largest absolute Gasteiger partial charge is 0.332 e. The highest BCUT2D eigenvalue weighted by Gasteiger charge is 2.13. The van der Waals surface area contributed by atoms with Crippen LogP contribution in [0.1, 0.15) is 18.5 Å². The smallest absolute Gasteiger partial charge is 0.262 e. The van der Waals surface area contributed by atoms with Gasteiger partial charge in [0.15, 0.2) is 4.77 Å².